The van der Waals surface area contributed by atoms with Gasteiger partial charge in [-0.05, 0) is 41.3 Å². The number of anilines is 1. The largest absolute Gasteiger partial charge is 0.493 e. The van der Waals surface area contributed by atoms with E-state index >= 15 is 0 Å². The maximum Gasteiger partial charge on any atom is 0.224 e. The van der Waals surface area contributed by atoms with E-state index in [2.05, 4.69) is 34.5 Å². The zero-order chi connectivity index (χ0) is 28.5. The molecule has 1 fully saturated rings. The Morgan fingerprint density at radius 3 is 2.12 bits per heavy atom. The number of benzene rings is 3. The molecule has 1 N–H and O–H groups in total. The molecule has 0 spiro atoms. The fraction of sp³-hybridized carbons (Fsp3) is 0.355. The molecule has 0 unspecified atom stereocenters. The molecule has 0 aliphatic carbocycles. The number of carbonyl (C=O) groups excluding carboxylic acids is 2. The first-order valence-electron chi connectivity index (χ1n) is 13.3. The average molecular weight is 566 g/mol. The fourth-order valence-corrected chi connectivity index (χ4v) is 4.97. The van der Waals surface area contributed by atoms with Crippen molar-refractivity contribution in [2.45, 2.75) is 25.8 Å². The van der Waals surface area contributed by atoms with Crippen LogP contribution >= 0.6 is 11.6 Å². The van der Waals surface area contributed by atoms with E-state index in [4.69, 9.17) is 25.8 Å². The molecule has 0 saturated carbocycles. The first kappa shape index (κ1) is 29.2. The van der Waals surface area contributed by atoms with E-state index in [1.807, 2.05) is 29.2 Å². The van der Waals surface area contributed by atoms with Crippen molar-refractivity contribution in [2.24, 2.45) is 0 Å². The van der Waals surface area contributed by atoms with Gasteiger partial charge in [-0.1, -0.05) is 41.9 Å². The van der Waals surface area contributed by atoms with E-state index in [1.54, 1.807) is 12.1 Å². The van der Waals surface area contributed by atoms with Crippen molar-refractivity contribution in [3.8, 4) is 28.4 Å². The van der Waals surface area contributed by atoms with Crippen LogP contribution in [0.3, 0.4) is 0 Å². The van der Waals surface area contributed by atoms with Crippen molar-refractivity contribution in [2.75, 3.05) is 52.8 Å². The summed E-state index contributed by atoms with van der Waals surface area (Å²) >= 11 is 6.03. The van der Waals surface area contributed by atoms with Crippen LogP contribution in [-0.2, 0) is 16.1 Å². The van der Waals surface area contributed by atoms with E-state index < -0.39 is 0 Å². The number of amides is 2. The number of halogens is 1. The van der Waals surface area contributed by atoms with Crippen molar-refractivity contribution >= 4 is 29.1 Å². The minimum atomic E-state index is -0.173. The molecule has 1 saturated heterocycles. The van der Waals surface area contributed by atoms with Crippen LogP contribution in [0, 0.1) is 0 Å². The predicted molar refractivity (Wildman–Crippen MR) is 157 cm³/mol. The minimum Gasteiger partial charge on any atom is -0.493 e. The standard InChI is InChI=1S/C31H36ClN3O5/c1-38-27-19-26(20-28(39-2)31(27)40-3)33-29(36)8-5-9-30(37)35-16-14-34(15-17-35)21-22-6-4-7-24(18-22)23-10-12-25(32)13-11-23/h4,6-7,10-13,18-20H,5,8-9,14-17,21H2,1-3H3,(H,33,36). The fourth-order valence-electron chi connectivity index (χ4n) is 4.84. The molecule has 2 amide bonds. The molecule has 3 aromatic rings. The lowest BCUT2D eigenvalue weighted by Crippen LogP contribution is -2.48. The number of nitrogens with zero attached hydrogens (tertiary/aromatic N) is 2. The second-order valence-electron chi connectivity index (χ2n) is 9.68. The number of nitrogens with one attached hydrogen (secondary N) is 1. The maximum absolute atomic E-state index is 12.8. The van der Waals surface area contributed by atoms with Crippen molar-refractivity contribution < 1.29 is 23.8 Å². The number of methoxy groups -OCH3 is 3. The number of piperazine rings is 1. The summed E-state index contributed by atoms with van der Waals surface area (Å²) in [5.74, 6) is 1.29. The van der Waals surface area contributed by atoms with Crippen LogP contribution in [0.15, 0.2) is 60.7 Å². The molecule has 4 rings (SSSR count). The Morgan fingerprint density at radius 1 is 0.825 bits per heavy atom. The first-order chi connectivity index (χ1) is 19.4. The molecular weight excluding hydrogens is 530 g/mol. The van der Waals surface area contributed by atoms with E-state index in [9.17, 15) is 9.59 Å². The smallest absolute Gasteiger partial charge is 0.224 e. The van der Waals surface area contributed by atoms with E-state index in [0.29, 0.717) is 48.9 Å². The van der Waals surface area contributed by atoms with Crippen molar-refractivity contribution in [1.82, 2.24) is 9.80 Å². The highest BCUT2D eigenvalue weighted by Gasteiger charge is 2.21. The summed E-state index contributed by atoms with van der Waals surface area (Å²) in [6, 6.07) is 19.8. The van der Waals surface area contributed by atoms with Gasteiger partial charge < -0.3 is 24.4 Å². The lowest BCUT2D eigenvalue weighted by molar-refractivity contribution is -0.133. The Morgan fingerprint density at radius 2 is 1.50 bits per heavy atom. The van der Waals surface area contributed by atoms with Gasteiger partial charge in [0.2, 0.25) is 17.6 Å². The molecule has 1 heterocycles. The highest BCUT2D eigenvalue weighted by molar-refractivity contribution is 6.30. The number of rotatable bonds is 11. The Hall–Kier alpha value is -3.75. The van der Waals surface area contributed by atoms with Gasteiger partial charge in [-0.25, -0.2) is 0 Å². The summed E-state index contributed by atoms with van der Waals surface area (Å²) in [6.07, 6.45) is 1.06. The van der Waals surface area contributed by atoms with E-state index in [1.165, 1.54) is 26.9 Å². The molecule has 0 atom stereocenters. The van der Waals surface area contributed by atoms with E-state index in [-0.39, 0.29) is 18.2 Å². The lowest BCUT2D eigenvalue weighted by atomic mass is 10.0. The van der Waals surface area contributed by atoms with Gasteiger partial charge in [-0.3, -0.25) is 14.5 Å². The highest BCUT2D eigenvalue weighted by atomic mass is 35.5. The number of hydrogen-bond donors (Lipinski definition) is 1. The summed E-state index contributed by atoms with van der Waals surface area (Å²) in [4.78, 5) is 29.6. The van der Waals surface area contributed by atoms with Gasteiger partial charge in [-0.15, -0.1) is 0 Å². The summed E-state index contributed by atoms with van der Waals surface area (Å²) in [6.45, 7) is 3.85. The maximum atomic E-state index is 12.8. The van der Waals surface area contributed by atoms with Crippen molar-refractivity contribution in [3.63, 3.8) is 0 Å². The molecular formula is C31H36ClN3O5. The third kappa shape index (κ3) is 7.67. The van der Waals surface area contributed by atoms with Crippen LogP contribution < -0.4 is 19.5 Å². The third-order valence-electron chi connectivity index (χ3n) is 6.98. The SMILES string of the molecule is COc1cc(NC(=O)CCCC(=O)N2CCN(Cc3cccc(-c4ccc(Cl)cc4)c3)CC2)cc(OC)c1OC. The molecule has 0 radical (unpaired) electrons. The number of hydrogen-bond acceptors (Lipinski definition) is 6. The summed E-state index contributed by atoms with van der Waals surface area (Å²) in [5.41, 5.74) is 4.09. The molecule has 8 nitrogen and oxygen atoms in total. The van der Waals surface area contributed by atoms with Gasteiger partial charge in [0.1, 0.15) is 0 Å². The molecule has 3 aromatic carbocycles. The van der Waals surface area contributed by atoms with Gasteiger partial charge in [0.05, 0.1) is 21.3 Å². The topological polar surface area (TPSA) is 80.3 Å². The van der Waals surface area contributed by atoms with E-state index in [0.717, 1.165) is 35.8 Å². The van der Waals surface area contributed by atoms with Crippen LogP contribution in [0.25, 0.3) is 11.1 Å². The molecule has 9 heteroatoms. The molecule has 212 valence electrons. The predicted octanol–water partition coefficient (Wildman–Crippen LogP) is 5.49. The summed E-state index contributed by atoms with van der Waals surface area (Å²) < 4.78 is 16.0. The zero-order valence-corrected chi connectivity index (χ0v) is 24.0. The summed E-state index contributed by atoms with van der Waals surface area (Å²) in [5, 5.41) is 3.58. The Bertz CT molecular complexity index is 1280. The monoisotopic (exact) mass is 565 g/mol. The summed E-state index contributed by atoms with van der Waals surface area (Å²) in [7, 11) is 4.57. The van der Waals surface area contributed by atoms with Crippen molar-refractivity contribution in [3.05, 3.63) is 71.2 Å². The second kappa shape index (κ2) is 14.1. The normalized spacial score (nSPS) is 13.6. The Balaban J connectivity index is 1.20. The molecule has 1 aliphatic rings. The molecule has 40 heavy (non-hydrogen) atoms. The number of carbonyl (C=O) groups is 2. The van der Waals surface area contributed by atoms with Gasteiger partial charge in [-0.2, -0.15) is 0 Å². The van der Waals surface area contributed by atoms with Gasteiger partial charge >= 0.3 is 0 Å². The minimum absolute atomic E-state index is 0.0879. The van der Waals surface area contributed by atoms with Crippen LogP contribution in [0.4, 0.5) is 5.69 Å². The van der Waals surface area contributed by atoms with Gasteiger partial charge in [0, 0.05) is 68.4 Å². The van der Waals surface area contributed by atoms with Gasteiger partial charge in [0.15, 0.2) is 11.5 Å². The van der Waals surface area contributed by atoms with Gasteiger partial charge in [0.25, 0.3) is 0 Å². The van der Waals surface area contributed by atoms with Crippen LogP contribution in [0.1, 0.15) is 24.8 Å². The van der Waals surface area contributed by atoms with Crippen molar-refractivity contribution in [1.29, 1.82) is 0 Å². The molecule has 0 aromatic heterocycles. The average Bonchev–Trinajstić information content (AvgIpc) is 2.97. The first-order valence-corrected chi connectivity index (χ1v) is 13.7. The highest BCUT2D eigenvalue weighted by Crippen LogP contribution is 2.40. The molecule has 1 aliphatic heterocycles. The third-order valence-corrected chi connectivity index (χ3v) is 7.23. The Kier molecular flexibility index (Phi) is 10.3. The van der Waals surface area contributed by atoms with Crippen LogP contribution in [0.2, 0.25) is 5.02 Å². The molecule has 0 bridgehead atoms. The quantitative estimate of drug-likeness (QED) is 0.331. The van der Waals surface area contributed by atoms with Crippen LogP contribution in [0.5, 0.6) is 17.2 Å². The lowest BCUT2D eigenvalue weighted by Gasteiger charge is -2.35. The Labute approximate surface area is 240 Å². The van der Waals surface area contributed by atoms with Crippen LogP contribution in [-0.4, -0.2) is 69.1 Å². The second-order valence-corrected chi connectivity index (χ2v) is 10.1. The zero-order valence-electron chi connectivity index (χ0n) is 23.2. The number of ether oxygens (including phenoxy) is 3.